The van der Waals surface area contributed by atoms with E-state index in [4.69, 9.17) is 9.47 Å². The van der Waals surface area contributed by atoms with E-state index >= 15 is 0 Å². The Balaban J connectivity index is 4.74. The second-order valence-corrected chi connectivity index (χ2v) is 6.93. The minimum atomic E-state index is -0.978. The van der Waals surface area contributed by atoms with E-state index in [1.54, 1.807) is 41.5 Å². The smallest absolute Gasteiger partial charge is 0.408 e. The van der Waals surface area contributed by atoms with Gasteiger partial charge in [-0.15, -0.1) is 0 Å². The lowest BCUT2D eigenvalue weighted by atomic mass is 10.1. The number of nitro groups is 1. The van der Waals surface area contributed by atoms with Gasteiger partial charge in [-0.3, -0.25) is 10.1 Å². The van der Waals surface area contributed by atoms with E-state index < -0.39 is 34.2 Å². The van der Waals surface area contributed by atoms with Gasteiger partial charge in [0.05, 0.1) is 0 Å². The third kappa shape index (κ3) is 10.9. The molecule has 1 N–H and O–H groups in total. The number of alkyl carbamates (subject to hydrolysis) is 1. The Bertz CT molecular complexity index is 409. The van der Waals surface area contributed by atoms with Crippen molar-refractivity contribution < 1.29 is 24.0 Å². The lowest BCUT2D eigenvalue weighted by molar-refractivity contribution is -0.480. The Labute approximate surface area is 130 Å². The van der Waals surface area contributed by atoms with Crippen LogP contribution in [0.4, 0.5) is 4.79 Å². The minimum absolute atomic E-state index is 0.106. The van der Waals surface area contributed by atoms with Crippen LogP contribution >= 0.6 is 0 Å². The number of amides is 1. The summed E-state index contributed by atoms with van der Waals surface area (Å²) in [5, 5.41) is 12.8. The van der Waals surface area contributed by atoms with Crippen molar-refractivity contribution in [1.29, 1.82) is 0 Å². The predicted octanol–water partition coefficient (Wildman–Crippen LogP) is 2.28. The molecule has 1 amide bonds. The normalized spacial score (nSPS) is 13.2. The van der Waals surface area contributed by atoms with Gasteiger partial charge in [-0.1, -0.05) is 0 Å². The van der Waals surface area contributed by atoms with Crippen molar-refractivity contribution in [3.8, 4) is 0 Å². The van der Waals surface area contributed by atoms with E-state index in [9.17, 15) is 19.7 Å². The average molecular weight is 318 g/mol. The summed E-state index contributed by atoms with van der Waals surface area (Å²) >= 11 is 0. The van der Waals surface area contributed by atoms with Crippen molar-refractivity contribution in [2.45, 2.75) is 71.6 Å². The molecular weight excluding hydrogens is 292 g/mol. The molecule has 0 rings (SSSR count). The Morgan fingerprint density at radius 2 is 1.59 bits per heavy atom. The number of ether oxygens (including phenoxy) is 2. The molecule has 128 valence electrons. The van der Waals surface area contributed by atoms with E-state index in [-0.39, 0.29) is 19.4 Å². The molecule has 0 spiro atoms. The molecule has 0 saturated heterocycles. The average Bonchev–Trinajstić information content (AvgIpc) is 2.21. The first kappa shape index (κ1) is 20.1. The third-order valence-electron chi connectivity index (χ3n) is 2.22. The monoisotopic (exact) mass is 318 g/mol. The fraction of sp³-hybridized carbons (Fsp3) is 0.857. The van der Waals surface area contributed by atoms with Gasteiger partial charge in [-0.05, 0) is 48.0 Å². The number of nitrogens with one attached hydrogen (secondary N) is 1. The molecule has 8 nitrogen and oxygen atoms in total. The van der Waals surface area contributed by atoms with Gasteiger partial charge in [0, 0.05) is 11.3 Å². The summed E-state index contributed by atoms with van der Waals surface area (Å²) in [6.45, 7) is 9.91. The number of nitrogens with zero attached hydrogens (tertiary/aromatic N) is 1. The standard InChI is InChI=1S/C14H26N2O6/c1-13(2,3)21-11(17)10(8-7-9-16(19)20)15-12(18)22-14(4,5)6/h10H,7-9H2,1-6H3,(H,15,18). The molecule has 0 aromatic carbocycles. The maximum Gasteiger partial charge on any atom is 0.408 e. The summed E-state index contributed by atoms with van der Waals surface area (Å²) in [5.74, 6) is -0.637. The molecule has 0 heterocycles. The molecule has 0 fully saturated rings. The van der Waals surface area contributed by atoms with Gasteiger partial charge < -0.3 is 14.8 Å². The number of carbonyl (C=O) groups excluding carboxylic acids is 2. The van der Waals surface area contributed by atoms with Gasteiger partial charge in [-0.25, -0.2) is 9.59 Å². The number of rotatable bonds is 6. The van der Waals surface area contributed by atoms with Crippen LogP contribution in [0, 0.1) is 10.1 Å². The van der Waals surface area contributed by atoms with Gasteiger partial charge >= 0.3 is 12.1 Å². The first-order valence-electron chi connectivity index (χ1n) is 7.14. The molecule has 0 radical (unpaired) electrons. The second-order valence-electron chi connectivity index (χ2n) is 6.93. The van der Waals surface area contributed by atoms with Crippen LogP contribution in [0.5, 0.6) is 0 Å². The maximum absolute atomic E-state index is 12.1. The van der Waals surface area contributed by atoms with E-state index in [0.29, 0.717) is 0 Å². The number of hydrogen-bond donors (Lipinski definition) is 1. The topological polar surface area (TPSA) is 108 Å². The fourth-order valence-corrected chi connectivity index (χ4v) is 1.50. The first-order valence-corrected chi connectivity index (χ1v) is 7.14. The lowest BCUT2D eigenvalue weighted by Crippen LogP contribution is -2.46. The molecule has 0 aliphatic rings. The van der Waals surface area contributed by atoms with Gasteiger partial charge in [0.15, 0.2) is 0 Å². The van der Waals surface area contributed by atoms with Crippen molar-refractivity contribution in [3.63, 3.8) is 0 Å². The fourth-order valence-electron chi connectivity index (χ4n) is 1.50. The first-order chi connectivity index (χ1) is 9.80. The van der Waals surface area contributed by atoms with Crippen LogP contribution in [0.2, 0.25) is 0 Å². The molecule has 0 saturated carbocycles. The quantitative estimate of drug-likeness (QED) is 0.457. The lowest BCUT2D eigenvalue weighted by Gasteiger charge is -2.26. The maximum atomic E-state index is 12.1. The number of esters is 1. The molecule has 0 aliphatic carbocycles. The third-order valence-corrected chi connectivity index (χ3v) is 2.22. The van der Waals surface area contributed by atoms with Crippen molar-refractivity contribution in [1.82, 2.24) is 5.32 Å². The minimum Gasteiger partial charge on any atom is -0.458 e. The highest BCUT2D eigenvalue weighted by molar-refractivity contribution is 5.81. The van der Waals surface area contributed by atoms with Crippen LogP contribution in [0.15, 0.2) is 0 Å². The largest absolute Gasteiger partial charge is 0.458 e. The van der Waals surface area contributed by atoms with Gasteiger partial charge in [0.2, 0.25) is 6.54 Å². The summed E-state index contributed by atoms with van der Waals surface area (Å²) in [4.78, 5) is 33.7. The van der Waals surface area contributed by atoms with E-state index in [2.05, 4.69) is 5.32 Å². The van der Waals surface area contributed by atoms with Gasteiger partial charge in [0.1, 0.15) is 17.2 Å². The van der Waals surface area contributed by atoms with Crippen molar-refractivity contribution >= 4 is 12.1 Å². The molecule has 8 heteroatoms. The Hall–Kier alpha value is -1.86. The van der Waals surface area contributed by atoms with Crippen LogP contribution in [-0.4, -0.2) is 40.8 Å². The van der Waals surface area contributed by atoms with E-state index in [1.165, 1.54) is 0 Å². The zero-order chi connectivity index (χ0) is 17.6. The van der Waals surface area contributed by atoms with E-state index in [1.807, 2.05) is 0 Å². The Morgan fingerprint density at radius 1 is 1.09 bits per heavy atom. The van der Waals surface area contributed by atoms with Crippen LogP contribution in [0.3, 0.4) is 0 Å². The highest BCUT2D eigenvalue weighted by Crippen LogP contribution is 2.12. The SMILES string of the molecule is CC(C)(C)OC(=O)NC(CCC[N+](=O)[O-])C(=O)OC(C)(C)C. The molecule has 1 atom stereocenters. The summed E-state index contributed by atoms with van der Waals surface area (Å²) in [7, 11) is 0. The molecule has 0 aromatic rings. The van der Waals surface area contributed by atoms with Crippen LogP contribution < -0.4 is 5.32 Å². The molecule has 0 bridgehead atoms. The molecule has 0 aliphatic heterocycles. The summed E-state index contributed by atoms with van der Waals surface area (Å²) in [5.41, 5.74) is -1.42. The molecular formula is C14H26N2O6. The predicted molar refractivity (Wildman–Crippen MR) is 80.1 cm³/mol. The van der Waals surface area contributed by atoms with Gasteiger partial charge in [-0.2, -0.15) is 0 Å². The van der Waals surface area contributed by atoms with Crippen molar-refractivity contribution in [2.75, 3.05) is 6.54 Å². The highest BCUT2D eigenvalue weighted by Gasteiger charge is 2.28. The molecule has 22 heavy (non-hydrogen) atoms. The highest BCUT2D eigenvalue weighted by atomic mass is 16.6. The van der Waals surface area contributed by atoms with Crippen LogP contribution in [0.25, 0.3) is 0 Å². The zero-order valence-electron chi connectivity index (χ0n) is 14.1. The van der Waals surface area contributed by atoms with Crippen LogP contribution in [-0.2, 0) is 14.3 Å². The van der Waals surface area contributed by atoms with Crippen molar-refractivity contribution in [3.05, 3.63) is 10.1 Å². The Kier molecular flexibility index (Phi) is 7.28. The summed E-state index contributed by atoms with van der Waals surface area (Å²) in [6.07, 6.45) is -0.508. The summed E-state index contributed by atoms with van der Waals surface area (Å²) < 4.78 is 10.3. The second kappa shape index (κ2) is 7.95. The number of carbonyl (C=O) groups is 2. The van der Waals surface area contributed by atoms with Crippen molar-refractivity contribution in [2.24, 2.45) is 0 Å². The summed E-state index contributed by atoms with van der Waals surface area (Å²) in [6, 6.07) is -0.978. The molecule has 1 unspecified atom stereocenters. The van der Waals surface area contributed by atoms with Gasteiger partial charge in [0.25, 0.3) is 0 Å². The zero-order valence-corrected chi connectivity index (χ0v) is 14.1. The Morgan fingerprint density at radius 3 is 2.00 bits per heavy atom. The van der Waals surface area contributed by atoms with Crippen LogP contribution in [0.1, 0.15) is 54.4 Å². The number of hydrogen-bond acceptors (Lipinski definition) is 6. The van der Waals surface area contributed by atoms with E-state index in [0.717, 1.165) is 0 Å². The molecule has 0 aromatic heterocycles.